The number of furan rings is 1. The SMILES string of the molecule is CC(NC1CCC(C)(C)CC1)c1ccc(Br)o1. The first kappa shape index (κ1) is 13.2. The van der Waals surface area contributed by atoms with E-state index in [9.17, 15) is 0 Å². The quantitative estimate of drug-likeness (QED) is 0.878. The zero-order valence-electron chi connectivity index (χ0n) is 10.9. The molecule has 0 saturated heterocycles. The van der Waals surface area contributed by atoms with Gasteiger partial charge >= 0.3 is 0 Å². The number of halogens is 1. The molecule has 0 spiro atoms. The first-order chi connectivity index (χ1) is 7.96. The standard InChI is InChI=1S/C14H22BrNO/c1-10(12-4-5-13(15)17-12)16-11-6-8-14(2,3)9-7-11/h4-5,10-11,16H,6-9H2,1-3H3. The summed E-state index contributed by atoms with van der Waals surface area (Å²) in [5, 5.41) is 3.67. The zero-order chi connectivity index (χ0) is 12.5. The van der Waals surface area contributed by atoms with Crippen molar-refractivity contribution in [3.8, 4) is 0 Å². The summed E-state index contributed by atoms with van der Waals surface area (Å²) >= 11 is 3.35. The lowest BCUT2D eigenvalue weighted by molar-refractivity contribution is 0.196. The number of nitrogens with one attached hydrogen (secondary N) is 1. The van der Waals surface area contributed by atoms with E-state index in [-0.39, 0.29) is 0 Å². The van der Waals surface area contributed by atoms with E-state index in [4.69, 9.17) is 4.42 Å². The molecule has 3 heteroatoms. The fraction of sp³-hybridized carbons (Fsp3) is 0.714. The van der Waals surface area contributed by atoms with Crippen LogP contribution in [0, 0.1) is 5.41 Å². The molecule has 96 valence electrons. The van der Waals surface area contributed by atoms with Crippen LogP contribution in [0.15, 0.2) is 21.2 Å². The molecule has 0 aliphatic heterocycles. The minimum atomic E-state index is 0.299. The van der Waals surface area contributed by atoms with Gasteiger partial charge in [-0.15, -0.1) is 0 Å². The van der Waals surface area contributed by atoms with Crippen LogP contribution in [-0.2, 0) is 0 Å². The Morgan fingerprint density at radius 2 is 2.00 bits per heavy atom. The van der Waals surface area contributed by atoms with Gasteiger partial charge in [0.2, 0.25) is 0 Å². The summed E-state index contributed by atoms with van der Waals surface area (Å²) in [4.78, 5) is 0. The van der Waals surface area contributed by atoms with Gasteiger partial charge in [0, 0.05) is 6.04 Å². The van der Waals surface area contributed by atoms with Gasteiger partial charge in [-0.25, -0.2) is 0 Å². The summed E-state index contributed by atoms with van der Waals surface area (Å²) in [5.74, 6) is 1.02. The van der Waals surface area contributed by atoms with E-state index in [0.717, 1.165) is 10.4 Å². The third-order valence-electron chi connectivity index (χ3n) is 3.85. The minimum absolute atomic E-state index is 0.299. The lowest BCUT2D eigenvalue weighted by Crippen LogP contribution is -2.36. The maximum absolute atomic E-state index is 5.58. The Bertz CT molecular complexity index is 362. The van der Waals surface area contributed by atoms with Crippen LogP contribution in [0.4, 0.5) is 0 Å². The Balaban J connectivity index is 1.86. The molecular formula is C14H22BrNO. The number of rotatable bonds is 3. The predicted molar refractivity (Wildman–Crippen MR) is 74.0 cm³/mol. The van der Waals surface area contributed by atoms with Crippen molar-refractivity contribution < 1.29 is 4.42 Å². The lowest BCUT2D eigenvalue weighted by Gasteiger charge is -2.35. The highest BCUT2D eigenvalue weighted by molar-refractivity contribution is 9.10. The Morgan fingerprint density at radius 3 is 2.53 bits per heavy atom. The summed E-state index contributed by atoms with van der Waals surface area (Å²) in [5.41, 5.74) is 0.537. The third-order valence-corrected chi connectivity index (χ3v) is 4.27. The molecule has 0 bridgehead atoms. The number of hydrogen-bond donors (Lipinski definition) is 1. The second-order valence-corrected chi connectivity index (χ2v) is 6.75. The molecule has 1 aliphatic carbocycles. The number of hydrogen-bond acceptors (Lipinski definition) is 2. The highest BCUT2D eigenvalue weighted by Crippen LogP contribution is 2.35. The molecule has 1 N–H and O–H groups in total. The lowest BCUT2D eigenvalue weighted by atomic mass is 9.75. The van der Waals surface area contributed by atoms with Crippen molar-refractivity contribution in [2.24, 2.45) is 5.41 Å². The van der Waals surface area contributed by atoms with Crippen molar-refractivity contribution in [1.82, 2.24) is 5.32 Å². The van der Waals surface area contributed by atoms with E-state index >= 15 is 0 Å². The average molecular weight is 300 g/mol. The second-order valence-electron chi connectivity index (χ2n) is 5.97. The van der Waals surface area contributed by atoms with Crippen LogP contribution in [0.25, 0.3) is 0 Å². The summed E-state index contributed by atoms with van der Waals surface area (Å²) in [6.07, 6.45) is 5.19. The first-order valence-electron chi connectivity index (χ1n) is 6.47. The van der Waals surface area contributed by atoms with Gasteiger partial charge < -0.3 is 9.73 Å². The van der Waals surface area contributed by atoms with Crippen molar-refractivity contribution in [3.05, 3.63) is 22.6 Å². The predicted octanol–water partition coefficient (Wildman–Crippen LogP) is 4.66. The maximum atomic E-state index is 5.58. The molecule has 0 aromatic carbocycles. The highest BCUT2D eigenvalue weighted by atomic mass is 79.9. The Morgan fingerprint density at radius 1 is 1.35 bits per heavy atom. The van der Waals surface area contributed by atoms with Gasteiger partial charge in [-0.1, -0.05) is 13.8 Å². The molecule has 1 aromatic rings. The van der Waals surface area contributed by atoms with Gasteiger partial charge in [0.15, 0.2) is 4.67 Å². The molecule has 1 atom stereocenters. The molecule has 1 saturated carbocycles. The van der Waals surface area contributed by atoms with Crippen LogP contribution >= 0.6 is 15.9 Å². The Kier molecular flexibility index (Phi) is 3.99. The van der Waals surface area contributed by atoms with Gasteiger partial charge in [-0.2, -0.15) is 0 Å². The minimum Gasteiger partial charge on any atom is -0.453 e. The largest absolute Gasteiger partial charge is 0.453 e. The molecule has 2 nitrogen and oxygen atoms in total. The van der Waals surface area contributed by atoms with Crippen LogP contribution in [0.2, 0.25) is 0 Å². The monoisotopic (exact) mass is 299 g/mol. The Hall–Kier alpha value is -0.280. The van der Waals surface area contributed by atoms with Crippen LogP contribution < -0.4 is 5.32 Å². The summed E-state index contributed by atoms with van der Waals surface area (Å²) in [6.45, 7) is 6.91. The topological polar surface area (TPSA) is 25.2 Å². The maximum Gasteiger partial charge on any atom is 0.169 e. The normalized spacial score (nSPS) is 22.6. The molecular weight excluding hydrogens is 278 g/mol. The van der Waals surface area contributed by atoms with E-state index in [0.29, 0.717) is 17.5 Å². The fourth-order valence-electron chi connectivity index (χ4n) is 2.56. The molecule has 1 unspecified atom stereocenters. The van der Waals surface area contributed by atoms with E-state index in [1.54, 1.807) is 0 Å². The fourth-order valence-corrected chi connectivity index (χ4v) is 2.88. The molecule has 0 amide bonds. The molecule has 1 aromatic heterocycles. The molecule has 1 heterocycles. The summed E-state index contributed by atoms with van der Waals surface area (Å²) in [7, 11) is 0. The van der Waals surface area contributed by atoms with Crippen molar-refractivity contribution in [2.75, 3.05) is 0 Å². The average Bonchev–Trinajstić information content (AvgIpc) is 2.68. The van der Waals surface area contributed by atoms with E-state index in [1.165, 1.54) is 25.7 Å². The molecule has 17 heavy (non-hydrogen) atoms. The van der Waals surface area contributed by atoms with E-state index in [1.807, 2.05) is 12.1 Å². The van der Waals surface area contributed by atoms with Crippen molar-refractivity contribution in [1.29, 1.82) is 0 Å². The van der Waals surface area contributed by atoms with Gasteiger partial charge in [0.25, 0.3) is 0 Å². The first-order valence-corrected chi connectivity index (χ1v) is 7.27. The van der Waals surface area contributed by atoms with Gasteiger partial charge in [-0.05, 0) is 66.1 Å². The van der Waals surface area contributed by atoms with Gasteiger partial charge in [-0.3, -0.25) is 0 Å². The van der Waals surface area contributed by atoms with Crippen LogP contribution in [0.1, 0.15) is 58.3 Å². The molecule has 1 fully saturated rings. The smallest absolute Gasteiger partial charge is 0.169 e. The molecule has 1 aliphatic rings. The van der Waals surface area contributed by atoms with Crippen LogP contribution in [0.5, 0.6) is 0 Å². The van der Waals surface area contributed by atoms with E-state index < -0.39 is 0 Å². The van der Waals surface area contributed by atoms with E-state index in [2.05, 4.69) is 42.0 Å². The summed E-state index contributed by atoms with van der Waals surface area (Å²) < 4.78 is 6.39. The van der Waals surface area contributed by atoms with Crippen molar-refractivity contribution in [3.63, 3.8) is 0 Å². The van der Waals surface area contributed by atoms with Crippen LogP contribution in [-0.4, -0.2) is 6.04 Å². The van der Waals surface area contributed by atoms with Gasteiger partial charge in [0.1, 0.15) is 5.76 Å². The third kappa shape index (κ3) is 3.59. The Labute approximate surface area is 112 Å². The van der Waals surface area contributed by atoms with Gasteiger partial charge in [0.05, 0.1) is 6.04 Å². The molecule has 0 radical (unpaired) electrons. The molecule has 2 rings (SSSR count). The second kappa shape index (κ2) is 5.15. The zero-order valence-corrected chi connectivity index (χ0v) is 12.5. The summed E-state index contributed by atoms with van der Waals surface area (Å²) in [6, 6.07) is 4.93. The van der Waals surface area contributed by atoms with Crippen molar-refractivity contribution in [2.45, 2.75) is 58.5 Å². The highest BCUT2D eigenvalue weighted by Gasteiger charge is 2.27. The van der Waals surface area contributed by atoms with Crippen molar-refractivity contribution >= 4 is 15.9 Å². The van der Waals surface area contributed by atoms with Crippen LogP contribution in [0.3, 0.4) is 0 Å².